The lowest BCUT2D eigenvalue weighted by Crippen LogP contribution is -2.31. The van der Waals surface area contributed by atoms with Gasteiger partial charge >= 0.3 is 0 Å². The summed E-state index contributed by atoms with van der Waals surface area (Å²) in [5.41, 5.74) is 1.46. The van der Waals surface area contributed by atoms with Crippen molar-refractivity contribution in [2.45, 2.75) is 25.7 Å². The van der Waals surface area contributed by atoms with Crippen LogP contribution in [-0.4, -0.2) is 43.1 Å². The number of nitrogens with one attached hydrogen (secondary N) is 1. The van der Waals surface area contributed by atoms with Crippen LogP contribution in [0.1, 0.15) is 36.0 Å². The van der Waals surface area contributed by atoms with Crippen LogP contribution in [0.2, 0.25) is 0 Å². The Hall–Kier alpha value is -2.76. The Labute approximate surface area is 154 Å². The average Bonchev–Trinajstić information content (AvgIpc) is 2.97. The number of carbonyl (C=O) groups is 1. The molecule has 0 bridgehead atoms. The van der Waals surface area contributed by atoms with E-state index < -0.39 is 0 Å². The number of carbonyl (C=O) groups excluding carboxylic acids is 1. The van der Waals surface area contributed by atoms with Crippen molar-refractivity contribution in [1.29, 1.82) is 0 Å². The predicted molar refractivity (Wildman–Crippen MR) is 101 cm³/mol. The van der Waals surface area contributed by atoms with E-state index in [-0.39, 0.29) is 5.91 Å². The molecule has 1 fully saturated rings. The van der Waals surface area contributed by atoms with Gasteiger partial charge in [0.1, 0.15) is 5.82 Å². The maximum atomic E-state index is 12.6. The van der Waals surface area contributed by atoms with Crippen LogP contribution in [0.25, 0.3) is 0 Å². The van der Waals surface area contributed by atoms with E-state index in [2.05, 4.69) is 10.3 Å². The molecule has 1 amide bonds. The van der Waals surface area contributed by atoms with E-state index in [9.17, 15) is 4.79 Å². The van der Waals surface area contributed by atoms with Crippen LogP contribution in [0.3, 0.4) is 0 Å². The van der Waals surface area contributed by atoms with Gasteiger partial charge in [-0.2, -0.15) is 0 Å². The van der Waals surface area contributed by atoms with Crippen molar-refractivity contribution in [3.63, 3.8) is 0 Å². The molecule has 1 aliphatic rings. The third-order valence-corrected chi connectivity index (χ3v) is 4.56. The van der Waals surface area contributed by atoms with Crippen molar-refractivity contribution in [3.05, 3.63) is 42.1 Å². The molecule has 0 radical (unpaired) electrons. The van der Waals surface area contributed by atoms with Crippen LogP contribution < -0.4 is 14.8 Å². The molecule has 2 aromatic rings. The minimum Gasteiger partial charge on any atom is -0.493 e. The van der Waals surface area contributed by atoms with E-state index in [1.54, 1.807) is 20.4 Å². The molecule has 6 nitrogen and oxygen atoms in total. The first-order valence-electron chi connectivity index (χ1n) is 8.95. The summed E-state index contributed by atoms with van der Waals surface area (Å²) >= 11 is 0. The molecule has 0 aliphatic carbocycles. The van der Waals surface area contributed by atoms with Crippen molar-refractivity contribution in [2.24, 2.45) is 0 Å². The number of hydrogen-bond acceptors (Lipinski definition) is 5. The molecule has 3 rings (SSSR count). The van der Waals surface area contributed by atoms with Gasteiger partial charge in [-0.25, -0.2) is 4.98 Å². The number of rotatable bonds is 5. The number of hydrogen-bond donors (Lipinski definition) is 1. The lowest BCUT2D eigenvalue weighted by molar-refractivity contribution is 0.0761. The van der Waals surface area contributed by atoms with Gasteiger partial charge in [0.2, 0.25) is 0 Å². The maximum Gasteiger partial charge on any atom is 0.255 e. The highest BCUT2D eigenvalue weighted by molar-refractivity contribution is 5.94. The Balaban J connectivity index is 1.68. The molecule has 1 aromatic heterocycles. The number of anilines is 2. The van der Waals surface area contributed by atoms with Gasteiger partial charge in [-0.15, -0.1) is 0 Å². The van der Waals surface area contributed by atoms with Gasteiger partial charge in [0, 0.05) is 31.0 Å². The van der Waals surface area contributed by atoms with E-state index in [1.807, 2.05) is 35.2 Å². The molecular weight excluding hydrogens is 330 g/mol. The number of amides is 1. The lowest BCUT2D eigenvalue weighted by atomic mass is 10.2. The molecule has 26 heavy (non-hydrogen) atoms. The van der Waals surface area contributed by atoms with E-state index in [1.165, 1.54) is 12.8 Å². The second-order valence-electron chi connectivity index (χ2n) is 6.33. The zero-order chi connectivity index (χ0) is 18.4. The van der Waals surface area contributed by atoms with Crippen LogP contribution in [0, 0.1) is 0 Å². The number of ether oxygens (including phenoxy) is 2. The highest BCUT2D eigenvalue weighted by Crippen LogP contribution is 2.30. The molecule has 0 unspecified atom stereocenters. The summed E-state index contributed by atoms with van der Waals surface area (Å²) in [7, 11) is 3.20. The fourth-order valence-corrected chi connectivity index (χ4v) is 3.11. The summed E-state index contributed by atoms with van der Waals surface area (Å²) in [4.78, 5) is 18.9. The highest BCUT2D eigenvalue weighted by atomic mass is 16.5. The second kappa shape index (κ2) is 8.56. The lowest BCUT2D eigenvalue weighted by Gasteiger charge is -2.20. The molecule has 0 spiro atoms. The maximum absolute atomic E-state index is 12.6. The molecular formula is C20H25N3O3. The van der Waals surface area contributed by atoms with Crippen LogP contribution in [-0.2, 0) is 0 Å². The van der Waals surface area contributed by atoms with Crippen LogP contribution in [0.15, 0.2) is 36.5 Å². The van der Waals surface area contributed by atoms with Crippen molar-refractivity contribution in [2.75, 3.05) is 32.6 Å². The first-order valence-corrected chi connectivity index (χ1v) is 8.95. The fourth-order valence-electron chi connectivity index (χ4n) is 3.11. The molecule has 0 atom stereocenters. The Morgan fingerprint density at radius 1 is 1.00 bits per heavy atom. The van der Waals surface area contributed by atoms with Crippen LogP contribution in [0.5, 0.6) is 11.5 Å². The summed E-state index contributed by atoms with van der Waals surface area (Å²) < 4.78 is 10.5. The van der Waals surface area contributed by atoms with Gasteiger partial charge in [0.05, 0.1) is 19.8 Å². The minimum absolute atomic E-state index is 0.0667. The van der Waals surface area contributed by atoms with E-state index >= 15 is 0 Å². The number of aromatic nitrogens is 1. The topological polar surface area (TPSA) is 63.7 Å². The normalized spacial score (nSPS) is 14.5. The fraction of sp³-hybridized carbons (Fsp3) is 0.400. The predicted octanol–water partition coefficient (Wildman–Crippen LogP) is 3.86. The zero-order valence-electron chi connectivity index (χ0n) is 15.3. The summed E-state index contributed by atoms with van der Waals surface area (Å²) in [5, 5.41) is 3.21. The van der Waals surface area contributed by atoms with Gasteiger partial charge < -0.3 is 19.7 Å². The van der Waals surface area contributed by atoms with Gasteiger partial charge in [-0.3, -0.25) is 4.79 Å². The van der Waals surface area contributed by atoms with Crippen molar-refractivity contribution in [1.82, 2.24) is 9.88 Å². The SMILES string of the molecule is COc1ccc(Nc2ccc(C(=O)N3CCCCCC3)cn2)cc1OC. The summed E-state index contributed by atoms with van der Waals surface area (Å²) in [5.74, 6) is 2.05. The zero-order valence-corrected chi connectivity index (χ0v) is 15.3. The third-order valence-electron chi connectivity index (χ3n) is 4.56. The summed E-state index contributed by atoms with van der Waals surface area (Å²) in [6.07, 6.45) is 6.21. The monoisotopic (exact) mass is 355 g/mol. The van der Waals surface area contributed by atoms with Gasteiger partial charge in [-0.1, -0.05) is 12.8 Å². The van der Waals surface area contributed by atoms with E-state index in [0.717, 1.165) is 31.6 Å². The Morgan fingerprint density at radius 3 is 2.35 bits per heavy atom. The standard InChI is InChI=1S/C20H25N3O3/c1-25-17-9-8-16(13-18(17)26-2)22-19-10-7-15(14-21-19)20(24)23-11-5-3-4-6-12-23/h7-10,13-14H,3-6,11-12H2,1-2H3,(H,21,22). The number of pyridine rings is 1. The number of nitrogens with zero attached hydrogens (tertiary/aromatic N) is 2. The van der Waals surface area contributed by atoms with Gasteiger partial charge in [0.25, 0.3) is 5.91 Å². The Kier molecular flexibility index (Phi) is 5.94. The van der Waals surface area contributed by atoms with Crippen LogP contribution >= 0.6 is 0 Å². The number of benzene rings is 1. The average molecular weight is 355 g/mol. The van der Waals surface area contributed by atoms with Crippen LogP contribution in [0.4, 0.5) is 11.5 Å². The summed E-state index contributed by atoms with van der Waals surface area (Å²) in [6.45, 7) is 1.68. The molecule has 1 N–H and O–H groups in total. The smallest absolute Gasteiger partial charge is 0.255 e. The van der Waals surface area contributed by atoms with Crippen molar-refractivity contribution < 1.29 is 14.3 Å². The minimum atomic E-state index is 0.0667. The van der Waals surface area contributed by atoms with Crippen molar-refractivity contribution >= 4 is 17.4 Å². The molecule has 1 saturated heterocycles. The van der Waals surface area contributed by atoms with Gasteiger partial charge in [0.15, 0.2) is 11.5 Å². The molecule has 6 heteroatoms. The van der Waals surface area contributed by atoms with Gasteiger partial charge in [-0.05, 0) is 37.1 Å². The van der Waals surface area contributed by atoms with E-state index in [0.29, 0.717) is 22.9 Å². The largest absolute Gasteiger partial charge is 0.493 e. The number of likely N-dealkylation sites (tertiary alicyclic amines) is 1. The first-order chi connectivity index (χ1) is 12.7. The first kappa shape index (κ1) is 18.0. The molecule has 138 valence electrons. The van der Waals surface area contributed by atoms with E-state index in [4.69, 9.17) is 9.47 Å². The third kappa shape index (κ3) is 4.25. The molecule has 1 aliphatic heterocycles. The summed E-state index contributed by atoms with van der Waals surface area (Å²) in [6, 6.07) is 9.21. The molecule has 1 aromatic carbocycles. The quantitative estimate of drug-likeness (QED) is 0.882. The molecule has 0 saturated carbocycles. The molecule has 2 heterocycles. The number of methoxy groups -OCH3 is 2. The highest BCUT2D eigenvalue weighted by Gasteiger charge is 2.17. The second-order valence-corrected chi connectivity index (χ2v) is 6.33. The Bertz CT molecular complexity index is 738. The Morgan fingerprint density at radius 2 is 1.73 bits per heavy atom. The van der Waals surface area contributed by atoms with Crippen molar-refractivity contribution in [3.8, 4) is 11.5 Å².